The predicted octanol–water partition coefficient (Wildman–Crippen LogP) is 5.83. The summed E-state index contributed by atoms with van der Waals surface area (Å²) < 4.78 is 2.12. The summed E-state index contributed by atoms with van der Waals surface area (Å²) in [5, 5.41) is 11.9. The van der Waals surface area contributed by atoms with Gasteiger partial charge in [0.25, 0.3) is 16.8 Å². The first-order valence-corrected chi connectivity index (χ1v) is 11.4. The van der Waals surface area contributed by atoms with Crippen molar-refractivity contribution < 1.29 is 14.5 Å². The molecule has 3 aromatic carbocycles. The predicted molar refractivity (Wildman–Crippen MR) is 132 cm³/mol. The van der Waals surface area contributed by atoms with E-state index in [-0.39, 0.29) is 12.2 Å². The summed E-state index contributed by atoms with van der Waals surface area (Å²) in [6.45, 7) is 0.531. The van der Waals surface area contributed by atoms with Gasteiger partial charge in [-0.25, -0.2) is 0 Å². The number of aromatic nitrogens is 1. The van der Waals surface area contributed by atoms with Crippen molar-refractivity contribution in [2.24, 2.45) is 0 Å². The molecule has 0 N–H and O–H groups in total. The fourth-order valence-electron chi connectivity index (χ4n) is 4.07. The van der Waals surface area contributed by atoms with Gasteiger partial charge in [-0.3, -0.25) is 24.6 Å². The molecule has 2 heterocycles. The number of hydrogen-bond donors (Lipinski definition) is 0. The van der Waals surface area contributed by atoms with E-state index in [9.17, 15) is 19.7 Å². The second-order valence-electron chi connectivity index (χ2n) is 7.87. The number of fused-ring (bicyclic) bond motifs is 1. The van der Waals surface area contributed by atoms with Gasteiger partial charge in [0.2, 0.25) is 0 Å². The molecule has 0 bridgehead atoms. The van der Waals surface area contributed by atoms with Crippen molar-refractivity contribution in [3.63, 3.8) is 0 Å². The van der Waals surface area contributed by atoms with Gasteiger partial charge >= 0.3 is 0 Å². The van der Waals surface area contributed by atoms with Gasteiger partial charge in [-0.1, -0.05) is 66.7 Å². The minimum Gasteiger partial charge on any atom is -0.342 e. The number of thioether (sulfide) groups is 1. The third kappa shape index (κ3) is 4.11. The van der Waals surface area contributed by atoms with Crippen molar-refractivity contribution in [2.45, 2.75) is 13.1 Å². The number of para-hydroxylation sites is 2. The summed E-state index contributed by atoms with van der Waals surface area (Å²) in [7, 11) is 0. The molecule has 34 heavy (non-hydrogen) atoms. The van der Waals surface area contributed by atoms with Crippen LogP contribution in [0.5, 0.6) is 0 Å². The van der Waals surface area contributed by atoms with Gasteiger partial charge in [0, 0.05) is 40.8 Å². The Morgan fingerprint density at radius 1 is 0.882 bits per heavy atom. The monoisotopic (exact) mass is 469 g/mol. The highest BCUT2D eigenvalue weighted by molar-refractivity contribution is 8.18. The van der Waals surface area contributed by atoms with Gasteiger partial charge in [0.15, 0.2) is 0 Å². The molecular weight excluding hydrogens is 450 g/mol. The molecule has 168 valence electrons. The number of benzene rings is 3. The highest BCUT2D eigenvalue weighted by atomic mass is 32.2. The zero-order chi connectivity index (χ0) is 23.7. The van der Waals surface area contributed by atoms with Crippen LogP contribution < -0.4 is 0 Å². The molecule has 2 amide bonds. The number of carbonyl (C=O) groups excluding carboxylic acids is 2. The summed E-state index contributed by atoms with van der Waals surface area (Å²) >= 11 is 0.851. The Balaban J connectivity index is 1.46. The van der Waals surface area contributed by atoms with Crippen LogP contribution in [0.3, 0.4) is 0 Å². The number of rotatable bonds is 6. The van der Waals surface area contributed by atoms with Gasteiger partial charge < -0.3 is 4.57 Å². The SMILES string of the molecule is O=C1S/C(=C\c2cn(Cc3ccccc3)c3ccccc23)C(=O)N1Cc1ccccc1[N+](=O)[O-]. The van der Waals surface area contributed by atoms with E-state index in [0.717, 1.165) is 38.7 Å². The maximum atomic E-state index is 13.1. The molecule has 0 atom stereocenters. The van der Waals surface area contributed by atoms with E-state index in [1.807, 2.05) is 48.7 Å². The summed E-state index contributed by atoms with van der Waals surface area (Å²) in [5.74, 6) is -0.451. The second-order valence-corrected chi connectivity index (χ2v) is 8.86. The number of hydrogen-bond acceptors (Lipinski definition) is 5. The molecule has 1 aliphatic rings. The van der Waals surface area contributed by atoms with Crippen LogP contribution in [0.15, 0.2) is 90.0 Å². The maximum absolute atomic E-state index is 13.1. The molecule has 0 spiro atoms. The summed E-state index contributed by atoms with van der Waals surface area (Å²) in [5.41, 5.74) is 3.21. The van der Waals surface area contributed by atoms with Gasteiger partial charge in [-0.15, -0.1) is 0 Å². The maximum Gasteiger partial charge on any atom is 0.293 e. The van der Waals surface area contributed by atoms with E-state index in [1.54, 1.807) is 24.3 Å². The van der Waals surface area contributed by atoms with Crippen LogP contribution in [0, 0.1) is 10.1 Å². The van der Waals surface area contributed by atoms with Crippen LogP contribution >= 0.6 is 11.8 Å². The van der Waals surface area contributed by atoms with E-state index >= 15 is 0 Å². The average molecular weight is 470 g/mol. The molecule has 1 saturated heterocycles. The normalized spacial score (nSPS) is 14.9. The van der Waals surface area contributed by atoms with Crippen LogP contribution in [0.25, 0.3) is 17.0 Å². The molecule has 1 fully saturated rings. The first kappa shape index (κ1) is 21.7. The molecule has 0 saturated carbocycles. The Hall–Kier alpha value is -4.17. The minimum atomic E-state index is -0.508. The fraction of sp³-hybridized carbons (Fsp3) is 0.0769. The lowest BCUT2D eigenvalue weighted by Gasteiger charge is -2.12. The van der Waals surface area contributed by atoms with Crippen LogP contribution in [0.4, 0.5) is 10.5 Å². The number of carbonyl (C=O) groups is 2. The molecule has 4 aromatic rings. The van der Waals surface area contributed by atoms with Crippen LogP contribution in [0.2, 0.25) is 0 Å². The van der Waals surface area contributed by atoms with E-state index < -0.39 is 16.1 Å². The van der Waals surface area contributed by atoms with Crippen molar-refractivity contribution in [1.82, 2.24) is 9.47 Å². The van der Waals surface area contributed by atoms with Crippen molar-refractivity contribution in [2.75, 3.05) is 0 Å². The van der Waals surface area contributed by atoms with Crippen molar-refractivity contribution in [3.05, 3.63) is 117 Å². The van der Waals surface area contributed by atoms with E-state index in [2.05, 4.69) is 16.7 Å². The van der Waals surface area contributed by atoms with Gasteiger partial charge in [0.1, 0.15) is 0 Å². The number of imide groups is 1. The third-order valence-corrected chi connectivity index (χ3v) is 6.60. The summed E-state index contributed by atoms with van der Waals surface area (Å²) in [6.07, 6.45) is 3.71. The van der Waals surface area contributed by atoms with Crippen LogP contribution in [-0.2, 0) is 17.9 Å². The van der Waals surface area contributed by atoms with E-state index in [1.165, 1.54) is 6.07 Å². The van der Waals surface area contributed by atoms with Crippen LogP contribution in [0.1, 0.15) is 16.7 Å². The molecule has 0 unspecified atom stereocenters. The Bertz CT molecular complexity index is 1460. The highest BCUT2D eigenvalue weighted by Gasteiger charge is 2.36. The molecule has 8 heteroatoms. The number of nitro benzene ring substituents is 1. The lowest BCUT2D eigenvalue weighted by molar-refractivity contribution is -0.385. The van der Waals surface area contributed by atoms with E-state index in [0.29, 0.717) is 17.0 Å². The van der Waals surface area contributed by atoms with Crippen molar-refractivity contribution in [3.8, 4) is 0 Å². The summed E-state index contributed by atoms with van der Waals surface area (Å²) in [6, 6.07) is 24.1. The standard InChI is InChI=1S/C26H19N3O4S/c30-25-24(34-26(31)28(25)17-19-10-4-6-12-22(19)29(32)33)14-20-16-27(15-18-8-2-1-3-9-18)23-13-7-5-11-21(20)23/h1-14,16H,15,17H2/b24-14-. The Labute approximate surface area is 199 Å². The topological polar surface area (TPSA) is 85.5 Å². The van der Waals surface area contributed by atoms with Crippen molar-refractivity contribution >= 4 is 45.6 Å². The highest BCUT2D eigenvalue weighted by Crippen LogP contribution is 2.36. The van der Waals surface area contributed by atoms with Gasteiger partial charge in [-0.2, -0.15) is 0 Å². The molecule has 1 aliphatic heterocycles. The minimum absolute atomic E-state index is 0.116. The number of nitro groups is 1. The Morgan fingerprint density at radius 3 is 2.38 bits per heavy atom. The fourth-order valence-corrected chi connectivity index (χ4v) is 4.90. The van der Waals surface area contributed by atoms with Crippen LogP contribution in [-0.4, -0.2) is 25.5 Å². The molecule has 0 aliphatic carbocycles. The second kappa shape index (κ2) is 8.99. The lowest BCUT2D eigenvalue weighted by atomic mass is 10.1. The molecule has 5 rings (SSSR count). The molecule has 0 radical (unpaired) electrons. The third-order valence-electron chi connectivity index (χ3n) is 5.69. The first-order chi connectivity index (χ1) is 16.5. The smallest absolute Gasteiger partial charge is 0.293 e. The Morgan fingerprint density at radius 2 is 1.59 bits per heavy atom. The van der Waals surface area contributed by atoms with Crippen molar-refractivity contribution in [1.29, 1.82) is 0 Å². The Kier molecular flexibility index (Phi) is 5.73. The van der Waals surface area contributed by atoms with Gasteiger partial charge in [0.05, 0.1) is 16.4 Å². The van der Waals surface area contributed by atoms with Gasteiger partial charge in [-0.05, 0) is 29.5 Å². The zero-order valence-electron chi connectivity index (χ0n) is 18.0. The first-order valence-electron chi connectivity index (χ1n) is 10.6. The molecule has 7 nitrogen and oxygen atoms in total. The number of amides is 2. The molecular formula is C26H19N3O4S. The summed E-state index contributed by atoms with van der Waals surface area (Å²) in [4.78, 5) is 37.9. The zero-order valence-corrected chi connectivity index (χ0v) is 18.8. The van der Waals surface area contributed by atoms with E-state index in [4.69, 9.17) is 0 Å². The lowest BCUT2D eigenvalue weighted by Crippen LogP contribution is -2.27. The largest absolute Gasteiger partial charge is 0.342 e. The average Bonchev–Trinajstić information content (AvgIpc) is 3.32. The molecule has 1 aromatic heterocycles. The number of nitrogens with zero attached hydrogens (tertiary/aromatic N) is 3. The quantitative estimate of drug-likeness (QED) is 0.201.